The van der Waals surface area contributed by atoms with E-state index in [0.29, 0.717) is 30.8 Å². The predicted molar refractivity (Wildman–Crippen MR) is 108 cm³/mol. The van der Waals surface area contributed by atoms with Gasteiger partial charge in [-0.15, -0.1) is 0 Å². The molecule has 1 amide bonds. The van der Waals surface area contributed by atoms with E-state index in [0.717, 1.165) is 16.8 Å². The van der Waals surface area contributed by atoms with Crippen molar-refractivity contribution in [2.45, 2.75) is 26.8 Å². The highest BCUT2D eigenvalue weighted by Gasteiger charge is 2.30. The fourth-order valence-corrected chi connectivity index (χ4v) is 3.89. The number of anilines is 1. The number of nitrogens with zero attached hydrogens (tertiary/aromatic N) is 4. The number of aromatic nitrogens is 3. The first-order valence-electron chi connectivity index (χ1n) is 9.59. The summed E-state index contributed by atoms with van der Waals surface area (Å²) in [6, 6.07) is 6.81. The number of amides is 1. The van der Waals surface area contributed by atoms with Crippen LogP contribution in [0.15, 0.2) is 36.8 Å². The van der Waals surface area contributed by atoms with Gasteiger partial charge < -0.3 is 14.8 Å². The zero-order chi connectivity index (χ0) is 19.8. The Balaban J connectivity index is 1.73. The van der Waals surface area contributed by atoms with Crippen molar-refractivity contribution in [3.63, 3.8) is 0 Å². The Kier molecular flexibility index (Phi) is 4.75. The molecule has 1 aliphatic heterocycles. The lowest BCUT2D eigenvalue weighted by Crippen LogP contribution is -2.54. The maximum absolute atomic E-state index is 14.4. The average molecular weight is 381 g/mol. The van der Waals surface area contributed by atoms with Crippen LogP contribution in [0.2, 0.25) is 0 Å². The van der Waals surface area contributed by atoms with E-state index >= 15 is 0 Å². The van der Waals surface area contributed by atoms with Gasteiger partial charge in [0.05, 0.1) is 5.39 Å². The van der Waals surface area contributed by atoms with Crippen molar-refractivity contribution in [3.05, 3.63) is 42.6 Å². The molecule has 1 saturated heterocycles. The fourth-order valence-electron chi connectivity index (χ4n) is 3.89. The maximum atomic E-state index is 14.4. The molecule has 3 heterocycles. The van der Waals surface area contributed by atoms with Gasteiger partial charge in [0.15, 0.2) is 0 Å². The molecular weight excluding hydrogens is 357 g/mol. The zero-order valence-corrected chi connectivity index (χ0v) is 16.3. The summed E-state index contributed by atoms with van der Waals surface area (Å²) in [4.78, 5) is 28.5. The summed E-state index contributed by atoms with van der Waals surface area (Å²) < 4.78 is 14.4. The van der Waals surface area contributed by atoms with E-state index in [1.165, 1.54) is 12.4 Å². The number of H-pyrrole nitrogens is 1. The lowest BCUT2D eigenvalue weighted by Gasteiger charge is -2.41. The number of halogens is 1. The van der Waals surface area contributed by atoms with Crippen LogP contribution >= 0.6 is 0 Å². The zero-order valence-electron chi connectivity index (χ0n) is 16.3. The second kappa shape index (κ2) is 7.22. The molecule has 1 aliphatic rings. The molecule has 7 heteroatoms. The van der Waals surface area contributed by atoms with Crippen molar-refractivity contribution in [1.29, 1.82) is 0 Å². The number of carbonyl (C=O) groups is 1. The molecule has 1 aromatic carbocycles. The fraction of sp³-hybridized carbons (Fsp3) is 0.381. The molecular formula is C21H24FN5O. The van der Waals surface area contributed by atoms with E-state index in [1.54, 1.807) is 18.3 Å². The van der Waals surface area contributed by atoms with Crippen molar-refractivity contribution in [2.75, 3.05) is 24.5 Å². The number of aromatic amines is 1. The molecule has 0 bridgehead atoms. The summed E-state index contributed by atoms with van der Waals surface area (Å²) in [5.74, 6) is 0.655. The molecule has 1 atom stereocenters. The smallest absolute Gasteiger partial charge is 0.225 e. The van der Waals surface area contributed by atoms with Crippen molar-refractivity contribution in [1.82, 2.24) is 19.9 Å². The van der Waals surface area contributed by atoms with Crippen LogP contribution in [0.1, 0.15) is 20.8 Å². The maximum Gasteiger partial charge on any atom is 0.225 e. The highest BCUT2D eigenvalue weighted by atomic mass is 19.1. The van der Waals surface area contributed by atoms with Gasteiger partial charge >= 0.3 is 0 Å². The van der Waals surface area contributed by atoms with Gasteiger partial charge in [0.1, 0.15) is 23.6 Å². The molecule has 1 N–H and O–H groups in total. The number of hydrogen-bond donors (Lipinski definition) is 1. The van der Waals surface area contributed by atoms with Crippen LogP contribution in [0.4, 0.5) is 10.2 Å². The molecule has 28 heavy (non-hydrogen) atoms. The minimum atomic E-state index is -0.279. The largest absolute Gasteiger partial charge is 0.350 e. The first-order valence-corrected chi connectivity index (χ1v) is 9.59. The van der Waals surface area contributed by atoms with Gasteiger partial charge in [-0.3, -0.25) is 4.79 Å². The van der Waals surface area contributed by atoms with Crippen LogP contribution in [0.25, 0.3) is 22.2 Å². The van der Waals surface area contributed by atoms with E-state index in [1.807, 2.05) is 24.8 Å². The molecule has 1 fully saturated rings. The minimum Gasteiger partial charge on any atom is -0.350 e. The Morgan fingerprint density at radius 1 is 1.21 bits per heavy atom. The van der Waals surface area contributed by atoms with Gasteiger partial charge in [-0.2, -0.15) is 0 Å². The Morgan fingerprint density at radius 3 is 2.71 bits per heavy atom. The summed E-state index contributed by atoms with van der Waals surface area (Å²) >= 11 is 0. The number of nitrogens with one attached hydrogen (secondary N) is 1. The topological polar surface area (TPSA) is 65.1 Å². The molecule has 0 radical (unpaired) electrons. The van der Waals surface area contributed by atoms with Crippen LogP contribution in [0.3, 0.4) is 0 Å². The third-order valence-electron chi connectivity index (χ3n) is 5.32. The second-order valence-electron chi connectivity index (χ2n) is 7.58. The third kappa shape index (κ3) is 3.10. The lowest BCUT2D eigenvalue weighted by molar-refractivity contribution is -0.135. The standard InChI is InChI=1S/C21H24FN5O/c1-13(2)21(28)26-8-9-27(14(3)11-26)20-18-16(10-23-19(18)24-12-25-20)15-6-4-5-7-17(15)22/h4-7,10,12-14H,8-9,11H2,1-3H3,(H,23,24,25)/t14-/m0/s1. The molecule has 0 spiro atoms. The Hall–Kier alpha value is -2.96. The van der Waals surface area contributed by atoms with Gasteiger partial charge in [-0.1, -0.05) is 32.0 Å². The SMILES string of the molecule is CC(C)C(=O)N1CCN(c2ncnc3[nH]cc(-c4ccccc4F)c23)[C@@H](C)C1. The molecule has 0 aliphatic carbocycles. The molecule has 6 nitrogen and oxygen atoms in total. The van der Waals surface area contributed by atoms with Gasteiger partial charge in [0.25, 0.3) is 0 Å². The number of piperazine rings is 1. The van der Waals surface area contributed by atoms with Crippen molar-refractivity contribution in [2.24, 2.45) is 5.92 Å². The summed E-state index contributed by atoms with van der Waals surface area (Å²) in [6.07, 6.45) is 3.31. The van der Waals surface area contributed by atoms with Crippen LogP contribution in [-0.4, -0.2) is 51.4 Å². The van der Waals surface area contributed by atoms with Gasteiger partial charge in [0, 0.05) is 48.9 Å². The number of hydrogen-bond acceptors (Lipinski definition) is 4. The number of benzene rings is 1. The van der Waals surface area contributed by atoms with Crippen LogP contribution in [-0.2, 0) is 4.79 Å². The number of fused-ring (bicyclic) bond motifs is 1. The Labute approximate surface area is 163 Å². The molecule has 0 saturated carbocycles. The minimum absolute atomic E-state index is 0.0122. The Morgan fingerprint density at radius 2 is 2.00 bits per heavy atom. The normalized spacial score (nSPS) is 17.5. The Bertz CT molecular complexity index is 1010. The first kappa shape index (κ1) is 18.4. The number of rotatable bonds is 3. The molecule has 0 unspecified atom stereocenters. The summed E-state index contributed by atoms with van der Waals surface area (Å²) in [7, 11) is 0. The van der Waals surface area contributed by atoms with E-state index < -0.39 is 0 Å². The monoisotopic (exact) mass is 381 g/mol. The first-order chi connectivity index (χ1) is 13.5. The quantitative estimate of drug-likeness (QED) is 0.755. The van der Waals surface area contributed by atoms with Gasteiger partial charge in [-0.25, -0.2) is 14.4 Å². The summed E-state index contributed by atoms with van der Waals surface area (Å²) in [6.45, 7) is 7.90. The van der Waals surface area contributed by atoms with Crippen LogP contribution in [0, 0.1) is 11.7 Å². The average Bonchev–Trinajstić information content (AvgIpc) is 3.12. The van der Waals surface area contributed by atoms with E-state index in [9.17, 15) is 9.18 Å². The lowest BCUT2D eigenvalue weighted by atomic mass is 10.0. The third-order valence-corrected chi connectivity index (χ3v) is 5.32. The van der Waals surface area contributed by atoms with Crippen LogP contribution < -0.4 is 4.90 Å². The molecule has 3 aromatic rings. The van der Waals surface area contributed by atoms with Gasteiger partial charge in [-0.05, 0) is 13.0 Å². The van der Waals surface area contributed by atoms with E-state index in [2.05, 4.69) is 26.8 Å². The van der Waals surface area contributed by atoms with E-state index in [-0.39, 0.29) is 23.7 Å². The summed E-state index contributed by atoms with van der Waals surface area (Å²) in [5.41, 5.74) is 1.94. The molecule has 4 rings (SSSR count). The number of carbonyl (C=O) groups excluding carboxylic acids is 1. The molecule has 2 aromatic heterocycles. The van der Waals surface area contributed by atoms with Gasteiger partial charge in [0.2, 0.25) is 5.91 Å². The van der Waals surface area contributed by atoms with Crippen molar-refractivity contribution < 1.29 is 9.18 Å². The van der Waals surface area contributed by atoms with Crippen molar-refractivity contribution >= 4 is 22.8 Å². The predicted octanol–water partition coefficient (Wildman–Crippen LogP) is 3.46. The highest BCUT2D eigenvalue weighted by Crippen LogP contribution is 2.36. The highest BCUT2D eigenvalue weighted by molar-refractivity contribution is 6.01. The summed E-state index contributed by atoms with van der Waals surface area (Å²) in [5, 5.41) is 0.808. The van der Waals surface area contributed by atoms with E-state index in [4.69, 9.17) is 0 Å². The van der Waals surface area contributed by atoms with Crippen molar-refractivity contribution in [3.8, 4) is 11.1 Å². The second-order valence-corrected chi connectivity index (χ2v) is 7.58. The van der Waals surface area contributed by atoms with Crippen LogP contribution in [0.5, 0.6) is 0 Å². The molecule has 146 valence electrons.